The van der Waals surface area contributed by atoms with Crippen LogP contribution < -0.4 is 15.4 Å². The summed E-state index contributed by atoms with van der Waals surface area (Å²) in [6.45, 7) is -1.50. The average molecular weight is 312 g/mol. The minimum absolute atomic E-state index is 0.118. The van der Waals surface area contributed by atoms with Crippen molar-refractivity contribution in [3.8, 4) is 5.75 Å². The van der Waals surface area contributed by atoms with Crippen molar-refractivity contribution in [2.24, 2.45) is 0 Å². The van der Waals surface area contributed by atoms with E-state index in [9.17, 15) is 18.4 Å². The number of nitrogens with one attached hydrogen (secondary N) is 2. The first-order chi connectivity index (χ1) is 10.4. The molecule has 6 nitrogen and oxygen atoms in total. The van der Waals surface area contributed by atoms with Gasteiger partial charge in [0.1, 0.15) is 5.75 Å². The van der Waals surface area contributed by atoms with Crippen LogP contribution in [0, 0.1) is 0 Å². The predicted molar refractivity (Wildman–Crippen MR) is 72.2 cm³/mol. The predicted octanol–water partition coefficient (Wildman–Crippen LogP) is 2.09. The SMILES string of the molecule is COC(=O)C1=C(C)NC(=O)NC1c1ccccc1OC(F)F. The van der Waals surface area contributed by atoms with Gasteiger partial charge in [-0.15, -0.1) is 0 Å². The van der Waals surface area contributed by atoms with E-state index in [2.05, 4.69) is 15.4 Å². The van der Waals surface area contributed by atoms with Crippen LogP contribution in [0.25, 0.3) is 0 Å². The highest BCUT2D eigenvalue weighted by Crippen LogP contribution is 2.34. The third-order valence-corrected chi connectivity index (χ3v) is 3.12. The maximum absolute atomic E-state index is 12.5. The molecule has 2 N–H and O–H groups in total. The zero-order valence-electron chi connectivity index (χ0n) is 11.9. The van der Waals surface area contributed by atoms with E-state index in [-0.39, 0.29) is 22.6 Å². The Morgan fingerprint density at radius 3 is 2.64 bits per heavy atom. The van der Waals surface area contributed by atoms with Gasteiger partial charge in [-0.05, 0) is 13.0 Å². The number of ether oxygens (including phenoxy) is 2. The second-order valence-electron chi connectivity index (χ2n) is 4.48. The number of carbonyl (C=O) groups is 2. The molecule has 1 atom stereocenters. The van der Waals surface area contributed by atoms with E-state index in [0.29, 0.717) is 0 Å². The van der Waals surface area contributed by atoms with Crippen molar-refractivity contribution in [2.75, 3.05) is 7.11 Å². The molecule has 118 valence electrons. The molecule has 1 aliphatic rings. The summed E-state index contributed by atoms with van der Waals surface area (Å²) in [4.78, 5) is 23.6. The van der Waals surface area contributed by atoms with Crippen molar-refractivity contribution >= 4 is 12.0 Å². The minimum Gasteiger partial charge on any atom is -0.466 e. The van der Waals surface area contributed by atoms with Gasteiger partial charge in [-0.25, -0.2) is 9.59 Å². The van der Waals surface area contributed by atoms with Gasteiger partial charge in [0.05, 0.1) is 18.7 Å². The van der Waals surface area contributed by atoms with Crippen LogP contribution in [0.15, 0.2) is 35.5 Å². The summed E-state index contributed by atoms with van der Waals surface area (Å²) < 4.78 is 34.2. The molecule has 1 aliphatic heterocycles. The molecule has 0 aromatic heterocycles. The second-order valence-corrected chi connectivity index (χ2v) is 4.48. The molecule has 0 radical (unpaired) electrons. The van der Waals surface area contributed by atoms with Crippen molar-refractivity contribution < 1.29 is 27.8 Å². The normalized spacial score (nSPS) is 17.9. The fourth-order valence-electron chi connectivity index (χ4n) is 2.23. The van der Waals surface area contributed by atoms with Gasteiger partial charge in [0, 0.05) is 11.3 Å². The summed E-state index contributed by atoms with van der Waals surface area (Å²) in [7, 11) is 1.19. The molecule has 1 aromatic carbocycles. The maximum atomic E-state index is 12.5. The number of urea groups is 1. The van der Waals surface area contributed by atoms with Crippen LogP contribution in [-0.4, -0.2) is 25.7 Å². The third kappa shape index (κ3) is 3.16. The average Bonchev–Trinajstić information content (AvgIpc) is 2.45. The fraction of sp³-hybridized carbons (Fsp3) is 0.286. The number of para-hydroxylation sites is 1. The summed E-state index contributed by atoms with van der Waals surface area (Å²) in [5.41, 5.74) is 0.636. The van der Waals surface area contributed by atoms with Gasteiger partial charge in [-0.2, -0.15) is 8.78 Å². The zero-order valence-corrected chi connectivity index (χ0v) is 11.9. The number of rotatable bonds is 4. The van der Waals surface area contributed by atoms with Crippen molar-refractivity contribution in [1.29, 1.82) is 0 Å². The zero-order chi connectivity index (χ0) is 16.3. The Morgan fingerprint density at radius 1 is 1.32 bits per heavy atom. The molecule has 0 saturated carbocycles. The molecule has 2 rings (SSSR count). The van der Waals surface area contributed by atoms with Gasteiger partial charge in [0.15, 0.2) is 0 Å². The summed E-state index contributed by atoms with van der Waals surface area (Å²) in [6.07, 6.45) is 0. The third-order valence-electron chi connectivity index (χ3n) is 3.12. The molecular formula is C14H14F2N2O4. The summed E-state index contributed by atoms with van der Waals surface area (Å²) in [6, 6.07) is 4.42. The monoisotopic (exact) mass is 312 g/mol. The van der Waals surface area contributed by atoms with E-state index in [4.69, 9.17) is 4.74 Å². The van der Waals surface area contributed by atoms with Crippen LogP contribution in [0.2, 0.25) is 0 Å². The molecule has 1 heterocycles. The lowest BCUT2D eigenvalue weighted by Gasteiger charge is -2.28. The molecule has 0 saturated heterocycles. The van der Waals surface area contributed by atoms with Crippen molar-refractivity contribution in [3.63, 3.8) is 0 Å². The van der Waals surface area contributed by atoms with E-state index >= 15 is 0 Å². The van der Waals surface area contributed by atoms with Gasteiger partial charge in [0.2, 0.25) is 0 Å². The number of alkyl halides is 2. The van der Waals surface area contributed by atoms with E-state index in [0.717, 1.165) is 0 Å². The lowest BCUT2D eigenvalue weighted by molar-refractivity contribution is -0.136. The van der Waals surface area contributed by atoms with Gasteiger partial charge in [0.25, 0.3) is 0 Å². The molecule has 2 amide bonds. The number of carbonyl (C=O) groups excluding carboxylic acids is 2. The van der Waals surface area contributed by atoms with Crippen LogP contribution in [-0.2, 0) is 9.53 Å². The van der Waals surface area contributed by atoms with Gasteiger partial charge >= 0.3 is 18.6 Å². The lowest BCUT2D eigenvalue weighted by Crippen LogP contribution is -2.45. The highest BCUT2D eigenvalue weighted by Gasteiger charge is 2.33. The van der Waals surface area contributed by atoms with Gasteiger partial charge in [-0.1, -0.05) is 18.2 Å². The molecule has 0 aliphatic carbocycles. The second kappa shape index (κ2) is 6.42. The smallest absolute Gasteiger partial charge is 0.387 e. The largest absolute Gasteiger partial charge is 0.466 e. The van der Waals surface area contributed by atoms with Crippen molar-refractivity contribution in [2.45, 2.75) is 19.6 Å². The number of hydrogen-bond acceptors (Lipinski definition) is 4. The fourth-order valence-corrected chi connectivity index (χ4v) is 2.23. The quantitative estimate of drug-likeness (QED) is 0.835. The van der Waals surface area contributed by atoms with E-state index < -0.39 is 24.7 Å². The molecule has 0 spiro atoms. The first-order valence-corrected chi connectivity index (χ1v) is 6.34. The van der Waals surface area contributed by atoms with Crippen LogP contribution >= 0.6 is 0 Å². The number of hydrogen-bond donors (Lipinski definition) is 2. The van der Waals surface area contributed by atoms with E-state index in [1.807, 2.05) is 0 Å². The van der Waals surface area contributed by atoms with Crippen molar-refractivity contribution in [3.05, 3.63) is 41.1 Å². The first kappa shape index (κ1) is 15.7. The van der Waals surface area contributed by atoms with Gasteiger partial charge in [-0.3, -0.25) is 0 Å². The first-order valence-electron chi connectivity index (χ1n) is 6.34. The molecule has 22 heavy (non-hydrogen) atoms. The van der Waals surface area contributed by atoms with Crippen LogP contribution in [0.5, 0.6) is 5.75 Å². The summed E-state index contributed by atoms with van der Waals surface area (Å²) >= 11 is 0. The molecule has 1 unspecified atom stereocenters. The highest BCUT2D eigenvalue weighted by molar-refractivity contribution is 5.95. The highest BCUT2D eigenvalue weighted by atomic mass is 19.3. The van der Waals surface area contributed by atoms with Gasteiger partial charge < -0.3 is 20.1 Å². The molecule has 1 aromatic rings. The Bertz CT molecular complexity index is 631. The van der Waals surface area contributed by atoms with E-state index in [1.165, 1.54) is 32.2 Å². The number of halogens is 2. The minimum atomic E-state index is -3.02. The Morgan fingerprint density at radius 2 is 2.00 bits per heavy atom. The number of methoxy groups -OCH3 is 1. The Labute approximate surface area is 125 Å². The van der Waals surface area contributed by atoms with E-state index in [1.54, 1.807) is 6.07 Å². The van der Waals surface area contributed by atoms with Crippen LogP contribution in [0.4, 0.5) is 13.6 Å². The number of benzene rings is 1. The number of amides is 2. The topological polar surface area (TPSA) is 76.7 Å². The van der Waals surface area contributed by atoms with Crippen LogP contribution in [0.1, 0.15) is 18.5 Å². The lowest BCUT2D eigenvalue weighted by atomic mass is 9.95. The maximum Gasteiger partial charge on any atom is 0.387 e. The molecule has 0 bridgehead atoms. The molecule has 8 heteroatoms. The molecular weight excluding hydrogens is 298 g/mol. The Hall–Kier alpha value is -2.64. The number of allylic oxidation sites excluding steroid dienone is 1. The van der Waals surface area contributed by atoms with Crippen molar-refractivity contribution in [1.82, 2.24) is 10.6 Å². The summed E-state index contributed by atoms with van der Waals surface area (Å²) in [5.74, 6) is -0.805. The Balaban J connectivity index is 2.51. The number of esters is 1. The summed E-state index contributed by atoms with van der Waals surface area (Å²) in [5, 5.41) is 4.95. The van der Waals surface area contributed by atoms with Crippen LogP contribution in [0.3, 0.4) is 0 Å². The molecule has 0 fully saturated rings. The standard InChI is InChI=1S/C14H14F2N2O4/c1-7-10(12(19)21-2)11(18-14(20)17-7)8-5-3-4-6-9(8)22-13(15)16/h3-6,11,13H,1-2H3,(H2,17,18,20). The Kier molecular flexibility index (Phi) is 4.59.